The monoisotopic (exact) mass is 292 g/mol. The van der Waals surface area contributed by atoms with E-state index in [1.807, 2.05) is 0 Å². The van der Waals surface area contributed by atoms with Crippen LogP contribution in [0.1, 0.15) is 10.4 Å². The average molecular weight is 294 g/mol. The zero-order chi connectivity index (χ0) is 9.14. The van der Waals surface area contributed by atoms with Crippen LogP contribution in [0, 0.1) is 0 Å². The van der Waals surface area contributed by atoms with Gasteiger partial charge < -0.3 is 4.74 Å². The fourth-order valence-corrected chi connectivity index (χ4v) is 2.12. The molecule has 0 aromatic heterocycles. The molecule has 0 bridgehead atoms. The highest BCUT2D eigenvalue weighted by Crippen LogP contribution is 2.29. The lowest BCUT2D eigenvalue weighted by Crippen LogP contribution is -1.88. The van der Waals surface area contributed by atoms with Crippen LogP contribution in [0.15, 0.2) is 21.1 Å². The quantitative estimate of drug-likeness (QED) is 0.784. The second-order valence-corrected chi connectivity index (χ2v) is 3.83. The van der Waals surface area contributed by atoms with Gasteiger partial charge in [0.2, 0.25) is 0 Å². The Hall–Kier alpha value is -0.350. The number of carbonyl (C=O) groups excluding carboxylic acids is 1. The van der Waals surface area contributed by atoms with Crippen molar-refractivity contribution in [2.24, 2.45) is 0 Å². The van der Waals surface area contributed by atoms with Gasteiger partial charge in [-0.2, -0.15) is 0 Å². The smallest absolute Gasteiger partial charge is 0.152 e. The van der Waals surface area contributed by atoms with Crippen LogP contribution in [0.3, 0.4) is 0 Å². The molecule has 1 aromatic rings. The van der Waals surface area contributed by atoms with Crippen LogP contribution >= 0.6 is 31.9 Å². The molecule has 0 unspecified atom stereocenters. The molecule has 0 N–H and O–H groups in total. The first-order chi connectivity index (χ1) is 5.69. The van der Waals surface area contributed by atoms with E-state index in [0.717, 1.165) is 15.2 Å². The lowest BCUT2D eigenvalue weighted by Gasteiger charge is -2.04. The fraction of sp³-hybridized carbons (Fsp3) is 0.125. The molecule has 4 heteroatoms. The highest BCUT2D eigenvalue weighted by molar-refractivity contribution is 9.11. The third-order valence-corrected chi connectivity index (χ3v) is 2.72. The van der Waals surface area contributed by atoms with Gasteiger partial charge in [0.1, 0.15) is 5.75 Å². The van der Waals surface area contributed by atoms with Gasteiger partial charge in [-0.05, 0) is 44.0 Å². The maximum atomic E-state index is 10.5. The predicted octanol–water partition coefficient (Wildman–Crippen LogP) is 3.03. The summed E-state index contributed by atoms with van der Waals surface area (Å²) in [4.78, 5) is 10.5. The Morgan fingerprint density at radius 3 is 2.17 bits per heavy atom. The molecule has 2 nitrogen and oxygen atoms in total. The van der Waals surface area contributed by atoms with Gasteiger partial charge in [0.15, 0.2) is 6.29 Å². The summed E-state index contributed by atoms with van der Waals surface area (Å²) in [5.74, 6) is 0.708. The summed E-state index contributed by atoms with van der Waals surface area (Å²) in [5, 5.41) is 0. The second-order valence-electron chi connectivity index (χ2n) is 2.12. The van der Waals surface area contributed by atoms with E-state index in [1.54, 1.807) is 19.2 Å². The Morgan fingerprint density at radius 1 is 1.33 bits per heavy atom. The van der Waals surface area contributed by atoms with Gasteiger partial charge in [0, 0.05) is 14.5 Å². The molecule has 0 fully saturated rings. The number of rotatable bonds is 2. The third-order valence-electron chi connectivity index (χ3n) is 1.41. The van der Waals surface area contributed by atoms with Crippen molar-refractivity contribution in [1.29, 1.82) is 0 Å². The van der Waals surface area contributed by atoms with Gasteiger partial charge in [-0.1, -0.05) is 0 Å². The number of hydrogen-bond donors (Lipinski definition) is 0. The van der Waals surface area contributed by atoms with Crippen LogP contribution in [0.25, 0.3) is 0 Å². The lowest BCUT2D eigenvalue weighted by atomic mass is 10.2. The number of halogens is 2. The largest absolute Gasteiger partial charge is 0.497 e. The van der Waals surface area contributed by atoms with E-state index in [4.69, 9.17) is 4.74 Å². The summed E-state index contributed by atoms with van der Waals surface area (Å²) in [6.07, 6.45) is 0.785. The average Bonchev–Trinajstić information content (AvgIpc) is 2.03. The van der Waals surface area contributed by atoms with Gasteiger partial charge >= 0.3 is 0 Å². The summed E-state index contributed by atoms with van der Waals surface area (Å²) in [5.41, 5.74) is 0.593. The molecule has 0 atom stereocenters. The molecule has 0 aliphatic heterocycles. The molecule has 0 saturated carbocycles. The van der Waals surface area contributed by atoms with Crippen LogP contribution in [0.2, 0.25) is 0 Å². The van der Waals surface area contributed by atoms with Crippen LogP contribution < -0.4 is 4.74 Å². The molecule has 0 spiro atoms. The van der Waals surface area contributed by atoms with Crippen LogP contribution in [-0.2, 0) is 0 Å². The molecule has 1 rings (SSSR count). The first-order valence-corrected chi connectivity index (χ1v) is 4.76. The predicted molar refractivity (Wildman–Crippen MR) is 53.8 cm³/mol. The van der Waals surface area contributed by atoms with E-state index in [1.165, 1.54) is 0 Å². The highest BCUT2D eigenvalue weighted by atomic mass is 79.9. The van der Waals surface area contributed by atoms with Crippen molar-refractivity contribution in [3.63, 3.8) is 0 Å². The Labute approximate surface area is 87.2 Å². The molecular weight excluding hydrogens is 288 g/mol. The Bertz CT molecular complexity index is 287. The Morgan fingerprint density at radius 2 is 1.83 bits per heavy atom. The summed E-state index contributed by atoms with van der Waals surface area (Å²) in [7, 11) is 1.58. The van der Waals surface area contributed by atoms with Crippen molar-refractivity contribution >= 4 is 38.1 Å². The number of aldehydes is 1. The van der Waals surface area contributed by atoms with Crippen molar-refractivity contribution < 1.29 is 9.53 Å². The van der Waals surface area contributed by atoms with Crippen molar-refractivity contribution in [1.82, 2.24) is 0 Å². The molecule has 0 saturated heterocycles. The van der Waals surface area contributed by atoms with Gasteiger partial charge in [-0.15, -0.1) is 0 Å². The molecule has 0 aliphatic carbocycles. The molecule has 0 aliphatic rings. The number of methoxy groups -OCH3 is 1. The van der Waals surface area contributed by atoms with E-state index in [0.29, 0.717) is 11.3 Å². The standard InChI is InChI=1S/C8H6Br2O2/c1-12-5-2-7(9)6(4-11)8(10)3-5/h2-4H,1H3. The van der Waals surface area contributed by atoms with Crippen molar-refractivity contribution in [2.75, 3.05) is 7.11 Å². The van der Waals surface area contributed by atoms with Crippen molar-refractivity contribution in [2.45, 2.75) is 0 Å². The Kier molecular flexibility index (Phi) is 3.29. The minimum atomic E-state index is 0.593. The molecule has 0 amide bonds. The molecular formula is C8H6Br2O2. The van der Waals surface area contributed by atoms with Crippen molar-refractivity contribution in [3.05, 3.63) is 26.6 Å². The third kappa shape index (κ3) is 1.87. The van der Waals surface area contributed by atoms with Crippen LogP contribution in [0.5, 0.6) is 5.75 Å². The zero-order valence-corrected chi connectivity index (χ0v) is 9.48. The van der Waals surface area contributed by atoms with E-state index < -0.39 is 0 Å². The summed E-state index contributed by atoms with van der Waals surface area (Å²) in [6, 6.07) is 3.49. The van der Waals surface area contributed by atoms with E-state index in [2.05, 4.69) is 31.9 Å². The van der Waals surface area contributed by atoms with Gasteiger partial charge in [0.05, 0.1) is 7.11 Å². The number of hydrogen-bond acceptors (Lipinski definition) is 2. The first kappa shape index (κ1) is 9.74. The van der Waals surface area contributed by atoms with Crippen molar-refractivity contribution in [3.8, 4) is 5.75 Å². The maximum absolute atomic E-state index is 10.5. The Balaban J connectivity index is 3.27. The second kappa shape index (κ2) is 4.05. The van der Waals surface area contributed by atoms with E-state index >= 15 is 0 Å². The van der Waals surface area contributed by atoms with Crippen LogP contribution in [0.4, 0.5) is 0 Å². The fourth-order valence-electron chi connectivity index (χ4n) is 0.791. The number of benzene rings is 1. The molecule has 0 heterocycles. The van der Waals surface area contributed by atoms with E-state index in [-0.39, 0.29) is 0 Å². The lowest BCUT2D eigenvalue weighted by molar-refractivity contribution is 0.112. The molecule has 0 radical (unpaired) electrons. The first-order valence-electron chi connectivity index (χ1n) is 3.17. The zero-order valence-electron chi connectivity index (χ0n) is 6.30. The molecule has 64 valence electrons. The SMILES string of the molecule is COc1cc(Br)c(C=O)c(Br)c1. The number of carbonyl (C=O) groups is 1. The summed E-state index contributed by atoms with van der Waals surface area (Å²) >= 11 is 6.52. The number of ether oxygens (including phenoxy) is 1. The van der Waals surface area contributed by atoms with E-state index in [9.17, 15) is 4.79 Å². The topological polar surface area (TPSA) is 26.3 Å². The summed E-state index contributed by atoms with van der Waals surface area (Å²) < 4.78 is 6.45. The van der Waals surface area contributed by atoms with Crippen LogP contribution in [-0.4, -0.2) is 13.4 Å². The minimum absolute atomic E-state index is 0.593. The molecule has 1 aromatic carbocycles. The van der Waals surface area contributed by atoms with Gasteiger partial charge in [0.25, 0.3) is 0 Å². The minimum Gasteiger partial charge on any atom is -0.497 e. The van der Waals surface area contributed by atoms with Gasteiger partial charge in [-0.3, -0.25) is 4.79 Å². The van der Waals surface area contributed by atoms with Gasteiger partial charge in [-0.25, -0.2) is 0 Å². The highest BCUT2D eigenvalue weighted by Gasteiger charge is 2.05. The summed E-state index contributed by atoms with van der Waals surface area (Å²) in [6.45, 7) is 0. The normalized spacial score (nSPS) is 9.58. The maximum Gasteiger partial charge on any atom is 0.152 e. The molecule has 12 heavy (non-hydrogen) atoms.